The molecule has 0 aliphatic carbocycles. The highest BCUT2D eigenvalue weighted by atomic mass is 16.5. The van der Waals surface area contributed by atoms with E-state index >= 15 is 0 Å². The molecule has 24 heavy (non-hydrogen) atoms. The zero-order valence-electron chi connectivity index (χ0n) is 13.6. The minimum Gasteiger partial charge on any atom is -0.497 e. The zero-order chi connectivity index (χ0) is 17.5. The number of nitrogens with one attached hydrogen (secondary N) is 1. The Bertz CT molecular complexity index is 557. The third-order valence-electron chi connectivity index (χ3n) is 3.86. The molecule has 1 saturated heterocycles. The molecule has 3 N–H and O–H groups in total. The Balaban J connectivity index is 1.96. The summed E-state index contributed by atoms with van der Waals surface area (Å²) in [5.41, 5.74) is 0.750. The molecule has 3 amide bonds. The monoisotopic (exact) mass is 337 g/mol. The number of anilines is 1. The number of amides is 3. The van der Waals surface area contributed by atoms with Gasteiger partial charge in [0.15, 0.2) is 0 Å². The van der Waals surface area contributed by atoms with Crippen molar-refractivity contribution in [1.29, 1.82) is 0 Å². The molecule has 1 fully saturated rings. The van der Waals surface area contributed by atoms with Crippen molar-refractivity contribution < 1.29 is 24.5 Å². The van der Waals surface area contributed by atoms with Gasteiger partial charge < -0.3 is 30.1 Å². The number of methoxy groups -OCH3 is 1. The number of carbonyl (C=O) groups excluding carboxylic acids is 2. The summed E-state index contributed by atoms with van der Waals surface area (Å²) >= 11 is 0. The van der Waals surface area contributed by atoms with Crippen LogP contribution in [0.2, 0.25) is 0 Å². The average Bonchev–Trinajstić information content (AvgIpc) is 2.95. The van der Waals surface area contributed by atoms with Gasteiger partial charge in [-0.1, -0.05) is 0 Å². The van der Waals surface area contributed by atoms with Crippen molar-refractivity contribution in [2.75, 3.05) is 44.9 Å². The molecule has 0 unspecified atom stereocenters. The van der Waals surface area contributed by atoms with E-state index in [0.29, 0.717) is 12.3 Å². The lowest BCUT2D eigenvalue weighted by Gasteiger charge is -2.23. The summed E-state index contributed by atoms with van der Waals surface area (Å²) in [6.07, 6.45) is 0.212. The first-order valence-corrected chi connectivity index (χ1v) is 7.80. The lowest BCUT2D eigenvalue weighted by molar-refractivity contribution is -0.117. The normalized spacial score (nSPS) is 17.0. The molecule has 8 nitrogen and oxygen atoms in total. The van der Waals surface area contributed by atoms with Crippen molar-refractivity contribution in [3.63, 3.8) is 0 Å². The Hall–Kier alpha value is -2.32. The van der Waals surface area contributed by atoms with Gasteiger partial charge in [0, 0.05) is 31.7 Å². The molecule has 0 spiro atoms. The molecular weight excluding hydrogens is 314 g/mol. The van der Waals surface area contributed by atoms with E-state index in [1.807, 2.05) is 0 Å². The topological polar surface area (TPSA) is 102 Å². The molecule has 1 aliphatic rings. The summed E-state index contributed by atoms with van der Waals surface area (Å²) in [5.74, 6) is 0.639. The van der Waals surface area contributed by atoms with E-state index in [1.54, 1.807) is 36.3 Å². The number of aliphatic hydroxyl groups excluding tert-OH is 2. The van der Waals surface area contributed by atoms with E-state index in [2.05, 4.69) is 5.32 Å². The largest absolute Gasteiger partial charge is 0.497 e. The standard InChI is InChI=1S/C16H23N3O5/c1-24-14-4-2-13(3-5-14)19-11-12(10-15(19)22)17-16(23)18(6-8-20)7-9-21/h2-5,12,20-21H,6-11H2,1H3,(H,17,23)/t12-/m1/s1. The highest BCUT2D eigenvalue weighted by Gasteiger charge is 2.32. The van der Waals surface area contributed by atoms with Crippen LogP contribution < -0.4 is 15.0 Å². The summed E-state index contributed by atoms with van der Waals surface area (Å²) in [7, 11) is 1.58. The fourth-order valence-corrected chi connectivity index (χ4v) is 2.64. The third kappa shape index (κ3) is 4.36. The van der Waals surface area contributed by atoms with Crippen LogP contribution in [0.4, 0.5) is 10.5 Å². The van der Waals surface area contributed by atoms with Crippen LogP contribution in [0.25, 0.3) is 0 Å². The van der Waals surface area contributed by atoms with Crippen molar-refractivity contribution in [2.45, 2.75) is 12.5 Å². The van der Waals surface area contributed by atoms with Crippen molar-refractivity contribution >= 4 is 17.6 Å². The van der Waals surface area contributed by atoms with E-state index < -0.39 is 6.03 Å². The predicted octanol–water partition coefficient (Wildman–Crippen LogP) is -0.203. The Morgan fingerprint density at radius 3 is 2.46 bits per heavy atom. The van der Waals surface area contributed by atoms with Crippen molar-refractivity contribution in [2.24, 2.45) is 0 Å². The number of hydrogen-bond donors (Lipinski definition) is 3. The van der Waals surface area contributed by atoms with E-state index in [0.717, 1.165) is 5.69 Å². The van der Waals surface area contributed by atoms with Gasteiger partial charge in [0.25, 0.3) is 0 Å². The Labute approximate surface area is 140 Å². The van der Waals surface area contributed by atoms with E-state index in [1.165, 1.54) is 4.90 Å². The summed E-state index contributed by atoms with van der Waals surface area (Å²) in [5, 5.41) is 20.7. The maximum atomic E-state index is 12.2. The number of hydrogen-bond acceptors (Lipinski definition) is 5. The third-order valence-corrected chi connectivity index (χ3v) is 3.86. The first kappa shape index (κ1) is 18.0. The number of ether oxygens (including phenoxy) is 1. The highest BCUT2D eigenvalue weighted by molar-refractivity contribution is 5.96. The minimum absolute atomic E-state index is 0.0682. The molecule has 0 radical (unpaired) electrons. The summed E-state index contributed by atoms with van der Waals surface area (Å²) in [6.45, 7) is 0.275. The molecule has 0 saturated carbocycles. The van der Waals surface area contributed by atoms with Crippen molar-refractivity contribution in [3.8, 4) is 5.75 Å². The van der Waals surface area contributed by atoms with Gasteiger partial charge >= 0.3 is 6.03 Å². The highest BCUT2D eigenvalue weighted by Crippen LogP contribution is 2.24. The van der Waals surface area contributed by atoms with Gasteiger partial charge in [-0.05, 0) is 24.3 Å². The van der Waals surface area contributed by atoms with Gasteiger partial charge in [0.2, 0.25) is 5.91 Å². The molecule has 1 atom stereocenters. The second-order valence-corrected chi connectivity index (χ2v) is 5.49. The lowest BCUT2D eigenvalue weighted by atomic mass is 10.2. The Kier molecular flexibility index (Phi) is 6.39. The molecule has 1 heterocycles. The average molecular weight is 337 g/mol. The van der Waals surface area contributed by atoms with Crippen LogP contribution in [0.5, 0.6) is 5.75 Å². The fourth-order valence-electron chi connectivity index (χ4n) is 2.64. The quantitative estimate of drug-likeness (QED) is 0.639. The smallest absolute Gasteiger partial charge is 0.317 e. The number of urea groups is 1. The first-order valence-electron chi connectivity index (χ1n) is 7.80. The van der Waals surface area contributed by atoms with Crippen LogP contribution in [-0.4, -0.2) is 73.1 Å². The first-order chi connectivity index (χ1) is 11.6. The van der Waals surface area contributed by atoms with E-state index in [9.17, 15) is 9.59 Å². The van der Waals surface area contributed by atoms with Crippen molar-refractivity contribution in [3.05, 3.63) is 24.3 Å². The number of carbonyl (C=O) groups is 2. The molecule has 0 bridgehead atoms. The molecule has 1 aromatic rings. The van der Waals surface area contributed by atoms with Gasteiger partial charge in [-0.3, -0.25) is 4.79 Å². The minimum atomic E-state index is -0.396. The molecule has 2 rings (SSSR count). The van der Waals surface area contributed by atoms with Gasteiger partial charge in [-0.15, -0.1) is 0 Å². The number of nitrogens with zero attached hydrogens (tertiary/aromatic N) is 2. The number of aliphatic hydroxyl groups is 2. The summed E-state index contributed by atoms with van der Waals surface area (Å²) in [4.78, 5) is 27.3. The van der Waals surface area contributed by atoms with Crippen LogP contribution in [0.3, 0.4) is 0 Å². The molecule has 1 aromatic carbocycles. The molecule has 1 aliphatic heterocycles. The second kappa shape index (κ2) is 8.51. The lowest BCUT2D eigenvalue weighted by Crippen LogP contribution is -2.47. The number of rotatable bonds is 7. The Morgan fingerprint density at radius 1 is 1.29 bits per heavy atom. The van der Waals surface area contributed by atoms with Gasteiger partial charge in [0.1, 0.15) is 5.75 Å². The van der Waals surface area contributed by atoms with Crippen LogP contribution >= 0.6 is 0 Å². The fraction of sp³-hybridized carbons (Fsp3) is 0.500. The molecular formula is C16H23N3O5. The number of benzene rings is 1. The van der Waals surface area contributed by atoms with Crippen molar-refractivity contribution in [1.82, 2.24) is 10.2 Å². The zero-order valence-corrected chi connectivity index (χ0v) is 13.6. The summed E-state index contributed by atoms with van der Waals surface area (Å²) < 4.78 is 5.10. The Morgan fingerprint density at radius 2 is 1.92 bits per heavy atom. The maximum absolute atomic E-state index is 12.2. The van der Waals surface area contributed by atoms with Crippen LogP contribution in [-0.2, 0) is 4.79 Å². The summed E-state index contributed by atoms with van der Waals surface area (Å²) in [6, 6.07) is 6.44. The van der Waals surface area contributed by atoms with E-state index in [4.69, 9.17) is 14.9 Å². The molecule has 8 heteroatoms. The maximum Gasteiger partial charge on any atom is 0.317 e. The molecule has 0 aromatic heterocycles. The molecule has 132 valence electrons. The second-order valence-electron chi connectivity index (χ2n) is 5.49. The van der Waals surface area contributed by atoms with Crippen LogP contribution in [0.1, 0.15) is 6.42 Å². The van der Waals surface area contributed by atoms with Crippen LogP contribution in [0.15, 0.2) is 24.3 Å². The SMILES string of the molecule is COc1ccc(N2C[C@H](NC(=O)N(CCO)CCO)CC2=O)cc1. The van der Waals surface area contributed by atoms with Crippen LogP contribution in [0, 0.1) is 0 Å². The van der Waals surface area contributed by atoms with Gasteiger partial charge in [-0.2, -0.15) is 0 Å². The van der Waals surface area contributed by atoms with E-state index in [-0.39, 0.29) is 44.7 Å². The predicted molar refractivity (Wildman–Crippen MR) is 88.0 cm³/mol. The van der Waals surface area contributed by atoms with Gasteiger partial charge in [-0.25, -0.2) is 4.79 Å². The van der Waals surface area contributed by atoms with Gasteiger partial charge in [0.05, 0.1) is 26.4 Å².